The Morgan fingerprint density at radius 2 is 1.86 bits per heavy atom. The van der Waals surface area contributed by atoms with Crippen molar-refractivity contribution in [3.8, 4) is 5.75 Å². The number of amides is 2. The predicted octanol–water partition coefficient (Wildman–Crippen LogP) is 4.50. The van der Waals surface area contributed by atoms with Gasteiger partial charge in [0.1, 0.15) is 5.75 Å². The highest BCUT2D eigenvalue weighted by Gasteiger charge is 2.45. The maximum absolute atomic E-state index is 13.1. The number of rotatable bonds is 4. The molecule has 5 nitrogen and oxygen atoms in total. The van der Waals surface area contributed by atoms with Gasteiger partial charge in [0.05, 0.1) is 17.6 Å². The Labute approximate surface area is 167 Å². The Balaban J connectivity index is 1.68. The van der Waals surface area contributed by atoms with Gasteiger partial charge in [-0.25, -0.2) is 0 Å². The fourth-order valence-corrected chi connectivity index (χ4v) is 4.45. The van der Waals surface area contributed by atoms with Crippen molar-refractivity contribution in [2.45, 2.75) is 19.4 Å². The van der Waals surface area contributed by atoms with Crippen molar-refractivity contribution in [2.75, 3.05) is 10.2 Å². The van der Waals surface area contributed by atoms with E-state index in [1.807, 2.05) is 48.7 Å². The summed E-state index contributed by atoms with van der Waals surface area (Å²) in [6.07, 6.45) is 0.121. The summed E-state index contributed by atoms with van der Waals surface area (Å²) in [6.45, 7) is 1.99. The van der Waals surface area contributed by atoms with Gasteiger partial charge >= 0.3 is 0 Å². The highest BCUT2D eigenvalue weighted by Crippen LogP contribution is 2.43. The van der Waals surface area contributed by atoms with Crippen molar-refractivity contribution < 1.29 is 14.7 Å². The molecule has 2 atom stereocenters. The van der Waals surface area contributed by atoms with E-state index < -0.39 is 5.92 Å². The molecule has 1 aliphatic rings. The molecular weight excluding hydrogens is 372 g/mol. The first-order valence-electron chi connectivity index (χ1n) is 9.05. The second-order valence-electron chi connectivity index (χ2n) is 6.88. The van der Waals surface area contributed by atoms with Gasteiger partial charge in [0.25, 0.3) is 0 Å². The van der Waals surface area contributed by atoms with Gasteiger partial charge in [-0.1, -0.05) is 35.9 Å². The van der Waals surface area contributed by atoms with Crippen molar-refractivity contribution in [3.63, 3.8) is 0 Å². The smallest absolute Gasteiger partial charge is 0.230 e. The molecule has 1 aliphatic heterocycles. The Bertz CT molecular complexity index is 999. The van der Waals surface area contributed by atoms with Gasteiger partial charge < -0.3 is 15.3 Å². The number of thiophene rings is 1. The van der Waals surface area contributed by atoms with E-state index in [1.54, 1.807) is 23.1 Å². The molecule has 1 aromatic heterocycles. The lowest BCUT2D eigenvalue weighted by molar-refractivity contribution is -0.122. The van der Waals surface area contributed by atoms with E-state index in [0.717, 1.165) is 16.1 Å². The summed E-state index contributed by atoms with van der Waals surface area (Å²) < 4.78 is 0. The SMILES string of the molecule is Cc1ccc(N2C(=O)C[C@@H](C(=O)Nc3ccccc3O)[C@@H]2c2cccs2)cc1. The summed E-state index contributed by atoms with van der Waals surface area (Å²) in [5, 5.41) is 14.7. The minimum absolute atomic E-state index is 0.00300. The van der Waals surface area contributed by atoms with Crippen molar-refractivity contribution in [2.24, 2.45) is 5.92 Å². The number of nitrogens with zero attached hydrogens (tertiary/aromatic N) is 1. The molecule has 0 aliphatic carbocycles. The summed E-state index contributed by atoms with van der Waals surface area (Å²) in [7, 11) is 0. The van der Waals surface area contributed by atoms with Gasteiger partial charge in [-0.2, -0.15) is 0 Å². The number of phenols is 1. The molecule has 6 heteroatoms. The fraction of sp³-hybridized carbons (Fsp3) is 0.182. The van der Waals surface area contributed by atoms with Crippen LogP contribution in [0.4, 0.5) is 11.4 Å². The first-order valence-corrected chi connectivity index (χ1v) is 9.93. The first-order chi connectivity index (χ1) is 13.5. The van der Waals surface area contributed by atoms with Gasteiger partial charge in [0.15, 0.2) is 0 Å². The van der Waals surface area contributed by atoms with E-state index >= 15 is 0 Å². The molecule has 28 heavy (non-hydrogen) atoms. The highest BCUT2D eigenvalue weighted by atomic mass is 32.1. The van der Waals surface area contributed by atoms with Crippen LogP contribution in [-0.2, 0) is 9.59 Å². The lowest BCUT2D eigenvalue weighted by atomic mass is 9.97. The topological polar surface area (TPSA) is 69.6 Å². The maximum atomic E-state index is 13.1. The predicted molar refractivity (Wildman–Crippen MR) is 111 cm³/mol. The Hall–Kier alpha value is -3.12. The zero-order chi connectivity index (χ0) is 19.7. The summed E-state index contributed by atoms with van der Waals surface area (Å²) in [6, 6.07) is 17.8. The van der Waals surface area contributed by atoms with Crippen molar-refractivity contribution in [1.82, 2.24) is 0 Å². The first kappa shape index (κ1) is 18.3. The molecule has 0 bridgehead atoms. The molecule has 0 saturated carbocycles. The largest absolute Gasteiger partial charge is 0.506 e. The number of hydrogen-bond donors (Lipinski definition) is 2. The number of carbonyl (C=O) groups excluding carboxylic acids is 2. The van der Waals surface area contributed by atoms with Crippen LogP contribution in [0.15, 0.2) is 66.0 Å². The lowest BCUT2D eigenvalue weighted by Crippen LogP contribution is -2.32. The van der Waals surface area contributed by atoms with Gasteiger partial charge in [-0.05, 0) is 42.6 Å². The number of benzene rings is 2. The Kier molecular flexibility index (Phi) is 4.88. The number of carbonyl (C=O) groups is 2. The lowest BCUT2D eigenvalue weighted by Gasteiger charge is -2.27. The van der Waals surface area contributed by atoms with Crippen LogP contribution >= 0.6 is 11.3 Å². The summed E-state index contributed by atoms with van der Waals surface area (Å²) >= 11 is 1.53. The molecule has 4 rings (SSSR count). The molecular formula is C22H20N2O3S. The third kappa shape index (κ3) is 3.39. The minimum atomic E-state index is -0.549. The number of phenolic OH excluding ortho intramolecular Hbond substituents is 1. The highest BCUT2D eigenvalue weighted by molar-refractivity contribution is 7.10. The van der Waals surface area contributed by atoms with E-state index in [9.17, 15) is 14.7 Å². The zero-order valence-electron chi connectivity index (χ0n) is 15.3. The van der Waals surface area contributed by atoms with Crippen LogP contribution in [0.2, 0.25) is 0 Å². The third-order valence-electron chi connectivity index (χ3n) is 4.97. The Morgan fingerprint density at radius 3 is 2.54 bits per heavy atom. The molecule has 0 unspecified atom stereocenters. The number of aryl methyl sites for hydroxylation is 1. The monoisotopic (exact) mass is 392 g/mol. The van der Waals surface area contributed by atoms with E-state index in [4.69, 9.17) is 0 Å². The van der Waals surface area contributed by atoms with Crippen molar-refractivity contribution >= 4 is 34.5 Å². The quantitative estimate of drug-likeness (QED) is 0.643. The summed E-state index contributed by atoms with van der Waals surface area (Å²) in [4.78, 5) is 28.6. The van der Waals surface area contributed by atoms with Gasteiger partial charge in [-0.3, -0.25) is 9.59 Å². The van der Waals surface area contributed by atoms with Gasteiger partial charge in [-0.15, -0.1) is 11.3 Å². The summed E-state index contributed by atoms with van der Waals surface area (Å²) in [5.41, 5.74) is 2.24. The van der Waals surface area contributed by atoms with Crippen LogP contribution in [0.3, 0.4) is 0 Å². The molecule has 1 saturated heterocycles. The van der Waals surface area contributed by atoms with Crippen LogP contribution in [0.5, 0.6) is 5.75 Å². The molecule has 142 valence electrons. The number of para-hydroxylation sites is 2. The van der Waals surface area contributed by atoms with Crippen molar-refractivity contribution in [1.29, 1.82) is 0 Å². The number of anilines is 2. The van der Waals surface area contributed by atoms with Crippen molar-refractivity contribution in [3.05, 3.63) is 76.5 Å². The molecule has 3 aromatic rings. The number of aromatic hydroxyl groups is 1. The number of hydrogen-bond acceptors (Lipinski definition) is 4. The Morgan fingerprint density at radius 1 is 1.11 bits per heavy atom. The van der Waals surface area contributed by atoms with E-state index in [0.29, 0.717) is 5.69 Å². The molecule has 2 aromatic carbocycles. The molecule has 1 fully saturated rings. The minimum Gasteiger partial charge on any atom is -0.506 e. The van der Waals surface area contributed by atoms with Crippen LogP contribution < -0.4 is 10.2 Å². The zero-order valence-corrected chi connectivity index (χ0v) is 16.1. The van der Waals surface area contributed by atoms with Crippen LogP contribution in [0, 0.1) is 12.8 Å². The molecule has 0 spiro atoms. The summed E-state index contributed by atoms with van der Waals surface area (Å²) in [5.74, 6) is -0.905. The fourth-order valence-electron chi connectivity index (χ4n) is 3.57. The van der Waals surface area contributed by atoms with E-state index in [1.165, 1.54) is 17.4 Å². The van der Waals surface area contributed by atoms with Crippen LogP contribution in [0.1, 0.15) is 22.9 Å². The number of nitrogens with one attached hydrogen (secondary N) is 1. The van der Waals surface area contributed by atoms with Crippen LogP contribution in [0.25, 0.3) is 0 Å². The molecule has 2 N–H and O–H groups in total. The third-order valence-corrected chi connectivity index (χ3v) is 5.91. The molecule has 2 heterocycles. The molecule has 0 radical (unpaired) electrons. The second kappa shape index (κ2) is 7.48. The van der Waals surface area contributed by atoms with Crippen LogP contribution in [-0.4, -0.2) is 16.9 Å². The van der Waals surface area contributed by atoms with E-state index in [-0.39, 0.29) is 30.0 Å². The van der Waals surface area contributed by atoms with E-state index in [2.05, 4.69) is 5.32 Å². The average Bonchev–Trinajstić information content (AvgIpc) is 3.32. The average molecular weight is 392 g/mol. The molecule has 2 amide bonds. The van der Waals surface area contributed by atoms with Gasteiger partial charge in [0, 0.05) is 17.0 Å². The standard InChI is InChI=1S/C22H20N2O3S/c1-14-8-10-15(11-9-14)24-20(26)13-16(21(24)19-7-4-12-28-19)22(27)23-17-5-2-3-6-18(17)25/h2-12,16,21,25H,13H2,1H3,(H,23,27)/t16-,21-/m1/s1. The normalized spacial score (nSPS) is 19.0. The maximum Gasteiger partial charge on any atom is 0.230 e. The van der Waals surface area contributed by atoms with Gasteiger partial charge in [0.2, 0.25) is 11.8 Å². The second-order valence-corrected chi connectivity index (χ2v) is 7.86.